The van der Waals surface area contributed by atoms with Crippen molar-refractivity contribution >= 4 is 29.3 Å². The molecule has 0 radical (unpaired) electrons. The molecule has 13 heteroatoms. The summed E-state index contributed by atoms with van der Waals surface area (Å²) in [5.41, 5.74) is -2.09. The maximum absolute atomic E-state index is 15.3. The topological polar surface area (TPSA) is 123 Å². The number of amides is 4. The summed E-state index contributed by atoms with van der Waals surface area (Å²) in [7, 11) is 0. The van der Waals surface area contributed by atoms with Gasteiger partial charge in [-0.15, -0.1) is 0 Å². The van der Waals surface area contributed by atoms with Crippen molar-refractivity contribution in [3.05, 3.63) is 29.6 Å². The van der Waals surface area contributed by atoms with Crippen LogP contribution in [-0.2, 0) is 24.6 Å². The first-order valence-corrected chi connectivity index (χ1v) is 16.0. The van der Waals surface area contributed by atoms with Crippen molar-refractivity contribution in [3.8, 4) is 6.07 Å². The van der Waals surface area contributed by atoms with Crippen LogP contribution in [0, 0.1) is 52.2 Å². The number of nitrogens with zero attached hydrogens (tertiary/aromatic N) is 3. The average Bonchev–Trinajstić information content (AvgIpc) is 3.25. The molecule has 2 bridgehead atoms. The second-order valence-electron chi connectivity index (χ2n) is 15.3. The largest absolute Gasteiger partial charge is 0.339 e. The van der Waals surface area contributed by atoms with E-state index in [1.807, 2.05) is 0 Å². The second-order valence-corrected chi connectivity index (χ2v) is 15.3. The van der Waals surface area contributed by atoms with Gasteiger partial charge in [0.15, 0.2) is 0 Å². The fraction of sp³-hybridized carbons (Fsp3) is 0.667. The summed E-state index contributed by atoms with van der Waals surface area (Å²) in [4.78, 5) is 57.8. The van der Waals surface area contributed by atoms with E-state index in [1.54, 1.807) is 26.8 Å². The molecule has 3 saturated carbocycles. The fourth-order valence-electron chi connectivity index (χ4n) is 9.11. The predicted octanol–water partition coefficient (Wildman–Crippen LogP) is 3.54. The molecular formula is C33H37F4N5O4. The molecule has 2 saturated heterocycles. The number of hydrogen-bond donors (Lipinski definition) is 2. The summed E-state index contributed by atoms with van der Waals surface area (Å²) in [6.45, 7) is 4.73. The highest BCUT2D eigenvalue weighted by molar-refractivity contribution is 6.07. The van der Waals surface area contributed by atoms with Gasteiger partial charge in [0.25, 0.3) is 5.91 Å². The molecule has 1 aromatic carbocycles. The molecule has 0 aromatic heterocycles. The molecule has 3 aliphatic carbocycles. The van der Waals surface area contributed by atoms with Gasteiger partial charge in [-0.1, -0.05) is 32.9 Å². The molecule has 246 valence electrons. The Morgan fingerprint density at radius 1 is 1.13 bits per heavy atom. The highest BCUT2D eigenvalue weighted by Crippen LogP contribution is 2.59. The SMILES string of the molecule is CC(C)(C)C(NC(=O)C(F)(F)C1CC1)C(=O)N1CC2C3CC(F)C(C3)C2C1C(=O)N1CC2(CC1C#N)C(=O)Nc1c(F)cccc12. The minimum atomic E-state index is -3.65. The lowest BCUT2D eigenvalue weighted by molar-refractivity contribution is -0.155. The van der Waals surface area contributed by atoms with Crippen LogP contribution in [0.3, 0.4) is 0 Å². The Bertz CT molecular complexity index is 1570. The van der Waals surface area contributed by atoms with E-state index in [1.165, 1.54) is 21.9 Å². The van der Waals surface area contributed by atoms with Gasteiger partial charge in [0.2, 0.25) is 17.7 Å². The zero-order valence-electron chi connectivity index (χ0n) is 25.9. The van der Waals surface area contributed by atoms with Crippen LogP contribution in [0.4, 0.5) is 23.2 Å². The third-order valence-electron chi connectivity index (χ3n) is 11.6. The number of hydrogen-bond acceptors (Lipinski definition) is 5. The van der Waals surface area contributed by atoms with Crippen LogP contribution in [-0.4, -0.2) is 76.7 Å². The van der Waals surface area contributed by atoms with Gasteiger partial charge in [0.05, 0.1) is 17.2 Å². The highest BCUT2D eigenvalue weighted by atomic mass is 19.3. The summed E-state index contributed by atoms with van der Waals surface area (Å²) in [5.74, 6) is -10.2. The smallest absolute Gasteiger partial charge is 0.327 e. The Morgan fingerprint density at radius 2 is 1.85 bits per heavy atom. The number of nitrogens with one attached hydrogen (secondary N) is 2. The highest BCUT2D eigenvalue weighted by Gasteiger charge is 2.66. The molecule has 5 fully saturated rings. The van der Waals surface area contributed by atoms with E-state index in [9.17, 15) is 37.6 Å². The molecule has 9 atom stereocenters. The number of benzene rings is 1. The summed E-state index contributed by atoms with van der Waals surface area (Å²) in [6.07, 6.45) is -0.00516. The summed E-state index contributed by atoms with van der Waals surface area (Å²) >= 11 is 0. The average molecular weight is 644 g/mol. The molecule has 3 heterocycles. The molecule has 6 aliphatic rings. The van der Waals surface area contributed by atoms with Crippen molar-refractivity contribution < 1.29 is 36.7 Å². The van der Waals surface area contributed by atoms with Crippen LogP contribution < -0.4 is 10.6 Å². The second kappa shape index (κ2) is 10.2. The predicted molar refractivity (Wildman–Crippen MR) is 155 cm³/mol. The monoisotopic (exact) mass is 643 g/mol. The molecule has 9 nitrogen and oxygen atoms in total. The zero-order chi connectivity index (χ0) is 33.1. The Balaban J connectivity index is 1.24. The summed E-state index contributed by atoms with van der Waals surface area (Å²) in [6, 6.07) is 2.60. The number of alkyl halides is 3. The van der Waals surface area contributed by atoms with E-state index >= 15 is 4.39 Å². The van der Waals surface area contributed by atoms with Crippen molar-refractivity contribution in [1.29, 1.82) is 5.26 Å². The van der Waals surface area contributed by atoms with Crippen molar-refractivity contribution in [2.45, 2.75) is 88.5 Å². The Hall–Kier alpha value is -3.69. The first-order valence-electron chi connectivity index (χ1n) is 16.0. The lowest BCUT2D eigenvalue weighted by atomic mass is 9.77. The molecule has 9 unspecified atom stereocenters. The number of halogens is 4. The standard InChI is InChI=1S/C33H37F4N5O4/c1-31(2,3)26(40-30(46)33(36,37)16-7-8-16)28(44)41-13-19-15-9-18(22(35)10-15)23(19)25(41)27(43)42-14-32(11-17(42)12-38)20-5-4-6-21(34)24(20)39-29(32)45/h4-6,15-19,22-23,25-26H,7-11,13-14H2,1-3H3,(H,39,45)(H,40,46). The number of carbonyl (C=O) groups is 4. The molecular weight excluding hydrogens is 606 g/mol. The Kier molecular flexibility index (Phi) is 6.83. The van der Waals surface area contributed by atoms with E-state index in [4.69, 9.17) is 0 Å². The van der Waals surface area contributed by atoms with Gasteiger partial charge >= 0.3 is 5.92 Å². The van der Waals surface area contributed by atoms with Gasteiger partial charge in [0, 0.05) is 25.4 Å². The van der Waals surface area contributed by atoms with Gasteiger partial charge in [-0.3, -0.25) is 19.2 Å². The van der Waals surface area contributed by atoms with Crippen LogP contribution in [0.15, 0.2) is 18.2 Å². The molecule has 3 aliphatic heterocycles. The van der Waals surface area contributed by atoms with E-state index in [0.29, 0.717) is 18.4 Å². The first-order chi connectivity index (χ1) is 21.6. The van der Waals surface area contributed by atoms with Gasteiger partial charge < -0.3 is 20.4 Å². The Labute approximate surface area is 264 Å². The fourth-order valence-corrected chi connectivity index (χ4v) is 9.11. The number of carbonyl (C=O) groups excluding carboxylic acids is 4. The zero-order valence-corrected chi connectivity index (χ0v) is 25.9. The van der Waals surface area contributed by atoms with E-state index < -0.39 is 88.2 Å². The maximum atomic E-state index is 15.3. The third kappa shape index (κ3) is 4.38. The first kappa shape index (κ1) is 30.9. The summed E-state index contributed by atoms with van der Waals surface area (Å²) < 4.78 is 59.5. The van der Waals surface area contributed by atoms with Gasteiger partial charge in [-0.05, 0) is 66.4 Å². The quantitative estimate of drug-likeness (QED) is 0.476. The number of fused-ring (bicyclic) bond motifs is 7. The maximum Gasteiger partial charge on any atom is 0.327 e. The number of nitriles is 1. The Morgan fingerprint density at radius 3 is 2.50 bits per heavy atom. The molecule has 1 spiro atoms. The molecule has 1 aromatic rings. The van der Waals surface area contributed by atoms with Crippen molar-refractivity contribution in [3.63, 3.8) is 0 Å². The van der Waals surface area contributed by atoms with Gasteiger partial charge in [0.1, 0.15) is 30.1 Å². The lowest BCUT2D eigenvalue weighted by Crippen LogP contribution is -2.61. The third-order valence-corrected chi connectivity index (χ3v) is 11.6. The van der Waals surface area contributed by atoms with Crippen molar-refractivity contribution in [2.75, 3.05) is 18.4 Å². The van der Waals surface area contributed by atoms with Crippen LogP contribution in [0.1, 0.15) is 58.4 Å². The number of anilines is 1. The minimum Gasteiger partial charge on any atom is -0.339 e. The van der Waals surface area contributed by atoms with Gasteiger partial charge in [-0.2, -0.15) is 14.0 Å². The van der Waals surface area contributed by atoms with E-state index in [-0.39, 0.29) is 49.9 Å². The van der Waals surface area contributed by atoms with Crippen LogP contribution in [0.2, 0.25) is 0 Å². The van der Waals surface area contributed by atoms with Crippen molar-refractivity contribution in [2.24, 2.45) is 35.0 Å². The molecule has 2 N–H and O–H groups in total. The van der Waals surface area contributed by atoms with Crippen LogP contribution in [0.5, 0.6) is 0 Å². The number of para-hydroxylation sites is 1. The molecule has 4 amide bonds. The normalized spacial score (nSPS) is 35.2. The van der Waals surface area contributed by atoms with Crippen LogP contribution >= 0.6 is 0 Å². The van der Waals surface area contributed by atoms with E-state index in [2.05, 4.69) is 16.7 Å². The summed E-state index contributed by atoms with van der Waals surface area (Å²) in [5, 5.41) is 15.0. The van der Waals surface area contributed by atoms with Crippen molar-refractivity contribution in [1.82, 2.24) is 15.1 Å². The minimum absolute atomic E-state index is 0.00337. The molecule has 46 heavy (non-hydrogen) atoms. The number of rotatable bonds is 5. The van der Waals surface area contributed by atoms with E-state index in [0.717, 1.165) is 0 Å². The lowest BCUT2D eigenvalue weighted by Gasteiger charge is -2.39. The molecule has 7 rings (SSSR count). The van der Waals surface area contributed by atoms with Gasteiger partial charge in [-0.25, -0.2) is 8.78 Å². The number of likely N-dealkylation sites (tertiary alicyclic amines) is 2. The van der Waals surface area contributed by atoms with Crippen LogP contribution in [0.25, 0.3) is 0 Å².